The average molecular weight is 363 g/mol. The first kappa shape index (κ1) is 16.3. The number of hydrogen-bond donors (Lipinski definition) is 2. The summed E-state index contributed by atoms with van der Waals surface area (Å²) in [5.74, 6) is 0. The second-order valence-electron chi connectivity index (χ2n) is 6.00. The van der Waals surface area contributed by atoms with Crippen LogP contribution < -0.4 is 11.3 Å². The molecule has 1 aromatic carbocycles. The van der Waals surface area contributed by atoms with Gasteiger partial charge in [-0.2, -0.15) is 21.5 Å². The van der Waals surface area contributed by atoms with Crippen molar-refractivity contribution in [2.75, 3.05) is 5.73 Å². The van der Waals surface area contributed by atoms with E-state index in [0.29, 0.717) is 23.5 Å². The van der Waals surface area contributed by atoms with E-state index in [1.165, 1.54) is 4.68 Å². The zero-order valence-electron chi connectivity index (χ0n) is 14.1. The lowest BCUT2D eigenvalue weighted by Crippen LogP contribution is -2.27. The van der Waals surface area contributed by atoms with E-state index >= 15 is 0 Å². The molecule has 0 saturated carbocycles. The van der Waals surface area contributed by atoms with Gasteiger partial charge in [-0.3, -0.25) is 9.89 Å². The highest BCUT2D eigenvalue weighted by molar-refractivity contribution is 7.08. The first-order chi connectivity index (χ1) is 12.6. The van der Waals surface area contributed by atoms with Crippen molar-refractivity contribution in [2.45, 2.75) is 13.5 Å². The number of aromatic amines is 1. The van der Waals surface area contributed by atoms with E-state index in [4.69, 9.17) is 5.73 Å². The van der Waals surface area contributed by atoms with E-state index < -0.39 is 0 Å². The molecule has 0 fully saturated rings. The summed E-state index contributed by atoms with van der Waals surface area (Å²) in [4.78, 5) is 12.7. The predicted molar refractivity (Wildman–Crippen MR) is 104 cm³/mol. The molecule has 3 N–H and O–H groups in total. The van der Waals surface area contributed by atoms with Gasteiger partial charge in [0.2, 0.25) is 0 Å². The van der Waals surface area contributed by atoms with Crippen LogP contribution in [0.1, 0.15) is 11.3 Å². The summed E-state index contributed by atoms with van der Waals surface area (Å²) >= 11 is 1.61. The molecule has 0 bridgehead atoms. The van der Waals surface area contributed by atoms with Crippen molar-refractivity contribution in [3.8, 4) is 22.5 Å². The minimum atomic E-state index is -0.305. The molecule has 4 rings (SSSR count). The van der Waals surface area contributed by atoms with Gasteiger partial charge in [-0.15, -0.1) is 0 Å². The Bertz CT molecular complexity index is 1100. The number of hydrogen-bond acceptors (Lipinski definition) is 5. The summed E-state index contributed by atoms with van der Waals surface area (Å²) < 4.78 is 1.40. The minimum absolute atomic E-state index is 0.175. The van der Waals surface area contributed by atoms with Crippen LogP contribution in [-0.4, -0.2) is 20.0 Å². The van der Waals surface area contributed by atoms with Crippen LogP contribution in [0.25, 0.3) is 22.5 Å². The van der Waals surface area contributed by atoms with Gasteiger partial charge in [0, 0.05) is 10.9 Å². The van der Waals surface area contributed by atoms with Gasteiger partial charge >= 0.3 is 0 Å². The zero-order chi connectivity index (χ0) is 18.1. The molecule has 0 aliphatic carbocycles. The summed E-state index contributed by atoms with van der Waals surface area (Å²) in [5, 5.41) is 15.8. The molecule has 3 aromatic heterocycles. The largest absolute Gasteiger partial charge is 0.394 e. The normalized spacial score (nSPS) is 11.0. The summed E-state index contributed by atoms with van der Waals surface area (Å²) in [7, 11) is 0. The molecule has 0 saturated heterocycles. The van der Waals surface area contributed by atoms with Crippen LogP contribution in [0, 0.1) is 6.92 Å². The van der Waals surface area contributed by atoms with Crippen molar-refractivity contribution in [2.24, 2.45) is 0 Å². The van der Waals surface area contributed by atoms with Crippen LogP contribution in [0.5, 0.6) is 0 Å². The Morgan fingerprint density at radius 1 is 1.23 bits per heavy atom. The molecule has 0 atom stereocenters. The van der Waals surface area contributed by atoms with Crippen molar-refractivity contribution in [1.82, 2.24) is 20.0 Å². The Labute approximate surface area is 153 Å². The number of benzene rings is 1. The Balaban J connectivity index is 1.74. The maximum absolute atomic E-state index is 12.7. The summed E-state index contributed by atoms with van der Waals surface area (Å²) in [6.07, 6.45) is 0. The maximum Gasteiger partial charge on any atom is 0.290 e. The van der Waals surface area contributed by atoms with E-state index in [2.05, 4.69) is 15.3 Å². The molecule has 0 aliphatic rings. The lowest BCUT2D eigenvalue weighted by atomic mass is 10.1. The Hall–Kier alpha value is -3.19. The second kappa shape index (κ2) is 6.61. The summed E-state index contributed by atoms with van der Waals surface area (Å²) in [6, 6.07) is 13.6. The molecule has 0 radical (unpaired) electrons. The fourth-order valence-electron chi connectivity index (χ4n) is 2.93. The van der Waals surface area contributed by atoms with E-state index in [1.807, 2.05) is 60.1 Å². The van der Waals surface area contributed by atoms with Crippen LogP contribution in [0.3, 0.4) is 0 Å². The van der Waals surface area contributed by atoms with Crippen molar-refractivity contribution < 1.29 is 0 Å². The third kappa shape index (κ3) is 2.93. The number of rotatable bonds is 4. The van der Waals surface area contributed by atoms with Gasteiger partial charge in [-0.25, -0.2) is 4.68 Å². The first-order valence-corrected chi connectivity index (χ1v) is 9.07. The van der Waals surface area contributed by atoms with Crippen molar-refractivity contribution in [1.29, 1.82) is 0 Å². The molecule has 130 valence electrons. The van der Waals surface area contributed by atoms with Gasteiger partial charge in [0.15, 0.2) is 0 Å². The number of nitrogens with two attached hydrogens (primary N) is 1. The van der Waals surface area contributed by atoms with Gasteiger partial charge in [-0.05, 0) is 30.0 Å². The lowest BCUT2D eigenvalue weighted by molar-refractivity contribution is 0.632. The van der Waals surface area contributed by atoms with Crippen LogP contribution >= 0.6 is 11.3 Å². The molecule has 0 unspecified atom stereocenters. The number of thiophene rings is 1. The molecular formula is C19H17N5OS. The van der Waals surface area contributed by atoms with Gasteiger partial charge in [0.05, 0.1) is 29.2 Å². The van der Waals surface area contributed by atoms with Crippen LogP contribution in [0.2, 0.25) is 0 Å². The Morgan fingerprint density at radius 2 is 2.04 bits per heavy atom. The number of H-pyrrole nitrogens is 1. The predicted octanol–water partition coefficient (Wildman–Crippen LogP) is 3.30. The Morgan fingerprint density at radius 3 is 2.77 bits per heavy atom. The third-order valence-electron chi connectivity index (χ3n) is 4.21. The van der Waals surface area contributed by atoms with Gasteiger partial charge in [0.1, 0.15) is 5.69 Å². The van der Waals surface area contributed by atoms with Crippen molar-refractivity contribution >= 4 is 17.0 Å². The number of aryl methyl sites for hydroxylation is 1. The summed E-state index contributed by atoms with van der Waals surface area (Å²) in [5.41, 5.74) is 10.9. The third-order valence-corrected chi connectivity index (χ3v) is 4.89. The first-order valence-electron chi connectivity index (χ1n) is 8.13. The highest BCUT2D eigenvalue weighted by Crippen LogP contribution is 2.28. The molecule has 26 heavy (non-hydrogen) atoms. The molecule has 7 heteroatoms. The average Bonchev–Trinajstić information content (AvgIpc) is 3.32. The maximum atomic E-state index is 12.7. The molecule has 6 nitrogen and oxygen atoms in total. The van der Waals surface area contributed by atoms with E-state index in [9.17, 15) is 4.79 Å². The standard InChI is InChI=1S/C19H17N5OS/c1-12-17(16-9-15(21-22-16)14-7-8-26-11-14)18(20)19(25)24(23-12)10-13-5-3-2-4-6-13/h2-9,11H,10,20H2,1H3,(H,21,22). The van der Waals surface area contributed by atoms with Crippen LogP contribution in [0.15, 0.2) is 58.0 Å². The van der Waals surface area contributed by atoms with Gasteiger partial charge in [0.25, 0.3) is 5.56 Å². The second-order valence-corrected chi connectivity index (χ2v) is 6.78. The summed E-state index contributed by atoms with van der Waals surface area (Å²) in [6.45, 7) is 2.23. The van der Waals surface area contributed by atoms with Crippen molar-refractivity contribution in [3.63, 3.8) is 0 Å². The number of nitrogens with zero attached hydrogens (tertiary/aromatic N) is 3. The quantitative estimate of drug-likeness (QED) is 0.582. The van der Waals surface area contributed by atoms with Gasteiger partial charge in [-0.1, -0.05) is 30.3 Å². The SMILES string of the molecule is Cc1nn(Cc2ccccc2)c(=O)c(N)c1-c1cc(-c2ccsc2)n[nH]1. The number of anilines is 1. The molecule has 0 amide bonds. The highest BCUT2D eigenvalue weighted by atomic mass is 32.1. The lowest BCUT2D eigenvalue weighted by Gasteiger charge is -2.11. The number of aromatic nitrogens is 4. The monoisotopic (exact) mass is 363 g/mol. The fourth-order valence-corrected chi connectivity index (χ4v) is 3.58. The molecule has 4 aromatic rings. The van der Waals surface area contributed by atoms with Crippen LogP contribution in [0.4, 0.5) is 5.69 Å². The van der Waals surface area contributed by atoms with E-state index in [0.717, 1.165) is 16.8 Å². The number of nitrogen functional groups attached to an aromatic ring is 1. The smallest absolute Gasteiger partial charge is 0.290 e. The van der Waals surface area contributed by atoms with E-state index in [1.54, 1.807) is 11.3 Å². The Kier molecular flexibility index (Phi) is 4.14. The van der Waals surface area contributed by atoms with E-state index in [-0.39, 0.29) is 11.2 Å². The molecule has 3 heterocycles. The highest BCUT2D eigenvalue weighted by Gasteiger charge is 2.17. The number of nitrogens with one attached hydrogen (secondary N) is 1. The van der Waals surface area contributed by atoms with Gasteiger partial charge < -0.3 is 5.73 Å². The molecule has 0 aliphatic heterocycles. The van der Waals surface area contributed by atoms with Crippen LogP contribution in [-0.2, 0) is 6.54 Å². The molecular weight excluding hydrogens is 346 g/mol. The molecule has 0 spiro atoms. The topological polar surface area (TPSA) is 89.6 Å². The minimum Gasteiger partial charge on any atom is -0.394 e. The van der Waals surface area contributed by atoms with Crippen molar-refractivity contribution in [3.05, 3.63) is 74.8 Å². The zero-order valence-corrected chi connectivity index (χ0v) is 15.0. The fraction of sp³-hybridized carbons (Fsp3) is 0.105.